The molecule has 2 aromatic rings. The molecule has 0 spiro atoms. The van der Waals surface area contributed by atoms with Gasteiger partial charge in [-0.2, -0.15) is 0 Å². The minimum Gasteiger partial charge on any atom is -0.491 e. The summed E-state index contributed by atoms with van der Waals surface area (Å²) in [6, 6.07) is 10.2. The normalized spacial score (nSPS) is 16.6. The monoisotopic (exact) mass is 364 g/mol. The summed E-state index contributed by atoms with van der Waals surface area (Å²) >= 11 is 0. The average molecular weight is 364 g/mol. The van der Waals surface area contributed by atoms with Crippen LogP contribution in [-0.4, -0.2) is 54.3 Å². The van der Waals surface area contributed by atoms with Crippen LogP contribution in [0.5, 0.6) is 5.75 Å². The van der Waals surface area contributed by atoms with Gasteiger partial charge < -0.3 is 14.5 Å². The van der Waals surface area contributed by atoms with Crippen LogP contribution in [0.15, 0.2) is 41.5 Å². The summed E-state index contributed by atoms with van der Waals surface area (Å²) in [5, 5.41) is 0. The Bertz CT molecular complexity index is 907. The standard InChI is InChI=1S/C21H24N4O2/c1-14(2)27-17-5-4-16-12-23-21(18(16)11-17)15-6-7-22-19(10-15)25-9-8-24(3)20(26)13-25/h4-7,10-11,14H,8-9,12-13H2,1-3H3. The number of fused-ring (bicyclic) bond motifs is 1. The molecule has 2 aliphatic heterocycles. The molecule has 1 saturated heterocycles. The van der Waals surface area contributed by atoms with Crippen LogP contribution in [0, 0.1) is 0 Å². The van der Waals surface area contributed by atoms with Crippen LogP contribution in [0.2, 0.25) is 0 Å². The molecule has 6 nitrogen and oxygen atoms in total. The van der Waals surface area contributed by atoms with Crippen molar-refractivity contribution in [1.82, 2.24) is 9.88 Å². The highest BCUT2D eigenvalue weighted by Gasteiger charge is 2.24. The van der Waals surface area contributed by atoms with Gasteiger partial charge in [0.05, 0.1) is 24.9 Å². The molecule has 4 rings (SSSR count). The van der Waals surface area contributed by atoms with Gasteiger partial charge in [-0.25, -0.2) is 4.98 Å². The van der Waals surface area contributed by atoms with Gasteiger partial charge in [-0.3, -0.25) is 9.79 Å². The molecule has 0 radical (unpaired) electrons. The van der Waals surface area contributed by atoms with Crippen molar-refractivity contribution in [2.24, 2.45) is 4.99 Å². The second-order valence-electron chi connectivity index (χ2n) is 7.29. The number of pyridine rings is 1. The van der Waals surface area contributed by atoms with E-state index in [9.17, 15) is 4.79 Å². The Kier molecular flexibility index (Phi) is 4.56. The Hall–Kier alpha value is -2.89. The number of amides is 1. The maximum absolute atomic E-state index is 12.0. The van der Waals surface area contributed by atoms with E-state index in [2.05, 4.69) is 17.1 Å². The molecule has 1 amide bonds. The van der Waals surface area contributed by atoms with Crippen molar-refractivity contribution in [1.29, 1.82) is 0 Å². The number of ether oxygens (including phenoxy) is 1. The summed E-state index contributed by atoms with van der Waals surface area (Å²) in [4.78, 5) is 25.0. The van der Waals surface area contributed by atoms with Crippen molar-refractivity contribution in [2.75, 3.05) is 31.6 Å². The largest absolute Gasteiger partial charge is 0.491 e. The highest BCUT2D eigenvalue weighted by molar-refractivity contribution is 6.15. The number of piperazine rings is 1. The third-order valence-electron chi connectivity index (χ3n) is 4.92. The predicted octanol–water partition coefficient (Wildman–Crippen LogP) is 2.50. The van der Waals surface area contributed by atoms with Crippen molar-refractivity contribution in [2.45, 2.75) is 26.5 Å². The predicted molar refractivity (Wildman–Crippen MR) is 106 cm³/mol. The maximum Gasteiger partial charge on any atom is 0.241 e. The fourth-order valence-electron chi connectivity index (χ4n) is 3.45. The molecule has 0 aliphatic carbocycles. The molecule has 140 valence electrons. The van der Waals surface area contributed by atoms with E-state index in [4.69, 9.17) is 9.73 Å². The van der Waals surface area contributed by atoms with Gasteiger partial charge in [0, 0.05) is 37.5 Å². The molecule has 0 atom stereocenters. The number of rotatable bonds is 4. The number of hydrogen-bond acceptors (Lipinski definition) is 5. The lowest BCUT2D eigenvalue weighted by Crippen LogP contribution is -2.48. The minimum absolute atomic E-state index is 0.118. The van der Waals surface area contributed by atoms with Gasteiger partial charge in [0.2, 0.25) is 5.91 Å². The SMILES string of the molecule is CC(C)Oc1ccc2c(c1)C(c1ccnc(N3CCN(C)C(=O)C3)c1)=NC2. The Morgan fingerprint density at radius 3 is 2.78 bits per heavy atom. The summed E-state index contributed by atoms with van der Waals surface area (Å²) < 4.78 is 5.85. The van der Waals surface area contributed by atoms with E-state index < -0.39 is 0 Å². The van der Waals surface area contributed by atoms with E-state index in [0.29, 0.717) is 19.6 Å². The van der Waals surface area contributed by atoms with Crippen molar-refractivity contribution >= 4 is 17.4 Å². The summed E-state index contributed by atoms with van der Waals surface area (Å²) in [5.41, 5.74) is 4.30. The minimum atomic E-state index is 0.118. The molecule has 6 heteroatoms. The number of carbonyl (C=O) groups is 1. The number of aliphatic imine (C=N–C) groups is 1. The van der Waals surface area contributed by atoms with Gasteiger partial charge in [0.15, 0.2) is 0 Å². The van der Waals surface area contributed by atoms with Crippen LogP contribution >= 0.6 is 0 Å². The van der Waals surface area contributed by atoms with Crippen LogP contribution in [-0.2, 0) is 11.3 Å². The van der Waals surface area contributed by atoms with E-state index in [1.165, 1.54) is 5.56 Å². The van der Waals surface area contributed by atoms with Crippen LogP contribution in [0.1, 0.15) is 30.5 Å². The van der Waals surface area contributed by atoms with Gasteiger partial charge in [0.25, 0.3) is 0 Å². The summed E-state index contributed by atoms with van der Waals surface area (Å²) in [5.74, 6) is 1.80. The van der Waals surface area contributed by atoms with Gasteiger partial charge in [-0.15, -0.1) is 0 Å². The molecule has 0 saturated carbocycles. The van der Waals surface area contributed by atoms with Gasteiger partial charge in [-0.1, -0.05) is 6.07 Å². The van der Waals surface area contributed by atoms with E-state index in [1.807, 2.05) is 44.0 Å². The fourth-order valence-corrected chi connectivity index (χ4v) is 3.45. The zero-order valence-electron chi connectivity index (χ0n) is 16.0. The molecule has 3 heterocycles. The van der Waals surface area contributed by atoms with E-state index in [1.54, 1.807) is 11.1 Å². The molecule has 1 fully saturated rings. The maximum atomic E-state index is 12.0. The molecule has 1 aromatic carbocycles. The molecule has 0 bridgehead atoms. The first kappa shape index (κ1) is 17.5. The highest BCUT2D eigenvalue weighted by atomic mass is 16.5. The van der Waals surface area contributed by atoms with Gasteiger partial charge in [0.1, 0.15) is 11.6 Å². The molecule has 1 aromatic heterocycles. The van der Waals surface area contributed by atoms with E-state index in [0.717, 1.165) is 35.0 Å². The van der Waals surface area contributed by atoms with Crippen LogP contribution in [0.25, 0.3) is 0 Å². The Morgan fingerprint density at radius 2 is 2.00 bits per heavy atom. The zero-order valence-corrected chi connectivity index (χ0v) is 16.0. The van der Waals surface area contributed by atoms with Crippen LogP contribution in [0.4, 0.5) is 5.82 Å². The summed E-state index contributed by atoms with van der Waals surface area (Å²) in [7, 11) is 1.84. The average Bonchev–Trinajstić information content (AvgIpc) is 3.07. The number of likely N-dealkylation sites (N-methyl/N-ethyl adjacent to an activating group) is 1. The second kappa shape index (κ2) is 7.02. The van der Waals surface area contributed by atoms with Crippen LogP contribution < -0.4 is 9.64 Å². The summed E-state index contributed by atoms with van der Waals surface area (Å²) in [6.45, 7) is 6.58. The lowest BCUT2D eigenvalue weighted by molar-refractivity contribution is -0.129. The Balaban J connectivity index is 1.62. The molecular formula is C21H24N4O2. The quantitative estimate of drug-likeness (QED) is 0.836. The number of benzene rings is 1. The third-order valence-corrected chi connectivity index (χ3v) is 4.92. The molecule has 0 unspecified atom stereocenters. The Labute approximate surface area is 159 Å². The van der Waals surface area contributed by atoms with E-state index in [-0.39, 0.29) is 12.0 Å². The number of hydrogen-bond donors (Lipinski definition) is 0. The fraction of sp³-hybridized carbons (Fsp3) is 0.381. The first-order chi connectivity index (χ1) is 13.0. The number of carbonyl (C=O) groups excluding carboxylic acids is 1. The van der Waals surface area contributed by atoms with Gasteiger partial charge in [-0.05, 0) is 43.7 Å². The first-order valence-electron chi connectivity index (χ1n) is 9.31. The smallest absolute Gasteiger partial charge is 0.241 e. The van der Waals surface area contributed by atoms with Crippen molar-refractivity contribution in [3.05, 3.63) is 53.2 Å². The van der Waals surface area contributed by atoms with E-state index >= 15 is 0 Å². The number of aromatic nitrogens is 1. The number of anilines is 1. The Morgan fingerprint density at radius 1 is 1.15 bits per heavy atom. The third kappa shape index (κ3) is 3.52. The molecule has 27 heavy (non-hydrogen) atoms. The number of nitrogens with zero attached hydrogens (tertiary/aromatic N) is 4. The van der Waals surface area contributed by atoms with Gasteiger partial charge >= 0.3 is 0 Å². The second-order valence-corrected chi connectivity index (χ2v) is 7.29. The molecule has 0 N–H and O–H groups in total. The molecule has 2 aliphatic rings. The molecular weight excluding hydrogens is 340 g/mol. The van der Waals surface area contributed by atoms with Crippen LogP contribution in [0.3, 0.4) is 0 Å². The van der Waals surface area contributed by atoms with Crippen molar-refractivity contribution in [3.8, 4) is 5.75 Å². The lowest BCUT2D eigenvalue weighted by Gasteiger charge is -2.32. The highest BCUT2D eigenvalue weighted by Crippen LogP contribution is 2.28. The summed E-state index contributed by atoms with van der Waals surface area (Å²) in [6.07, 6.45) is 1.93. The first-order valence-corrected chi connectivity index (χ1v) is 9.31. The zero-order chi connectivity index (χ0) is 19.0. The van der Waals surface area contributed by atoms with Crippen molar-refractivity contribution in [3.63, 3.8) is 0 Å². The lowest BCUT2D eigenvalue weighted by atomic mass is 10.0. The van der Waals surface area contributed by atoms with Crippen molar-refractivity contribution < 1.29 is 9.53 Å². The topological polar surface area (TPSA) is 58.0 Å².